The maximum atomic E-state index is 13.0. The van der Waals surface area contributed by atoms with Gasteiger partial charge >= 0.3 is 18.0 Å². The Hall–Kier alpha value is -4.30. The van der Waals surface area contributed by atoms with E-state index in [1.54, 1.807) is 0 Å². The molecule has 1 amide bonds. The Morgan fingerprint density at radius 2 is 1.80 bits per heavy atom. The molecule has 8 nitrogen and oxygen atoms in total. The predicted molar refractivity (Wildman–Crippen MR) is 138 cm³/mol. The van der Waals surface area contributed by atoms with Gasteiger partial charge in [0, 0.05) is 23.9 Å². The van der Waals surface area contributed by atoms with E-state index in [1.807, 2.05) is 0 Å². The first kappa shape index (κ1) is 29.7. The summed E-state index contributed by atoms with van der Waals surface area (Å²) in [5.41, 5.74) is -0.852. The molecule has 0 spiro atoms. The summed E-state index contributed by atoms with van der Waals surface area (Å²) in [6, 6.07) is 12.6. The van der Waals surface area contributed by atoms with Crippen LogP contribution in [0.5, 0.6) is 5.75 Å². The van der Waals surface area contributed by atoms with Gasteiger partial charge < -0.3 is 15.4 Å². The van der Waals surface area contributed by atoms with Gasteiger partial charge in [0.1, 0.15) is 5.75 Å². The van der Waals surface area contributed by atoms with Crippen molar-refractivity contribution >= 4 is 23.2 Å². The third-order valence-electron chi connectivity index (χ3n) is 5.68. The van der Waals surface area contributed by atoms with Crippen LogP contribution in [0.1, 0.15) is 21.5 Å². The number of amides is 1. The van der Waals surface area contributed by atoms with Gasteiger partial charge in [0.2, 0.25) is 0 Å². The zero-order valence-corrected chi connectivity index (χ0v) is 21.7. The summed E-state index contributed by atoms with van der Waals surface area (Å²) in [4.78, 5) is 28.1. The molecule has 41 heavy (non-hydrogen) atoms. The zero-order valence-electron chi connectivity index (χ0n) is 21.0. The summed E-state index contributed by atoms with van der Waals surface area (Å²) in [5, 5.41) is 9.06. The minimum absolute atomic E-state index is 0.000746. The number of benzene rings is 3. The van der Waals surface area contributed by atoms with E-state index in [4.69, 9.17) is 16.3 Å². The highest BCUT2D eigenvalue weighted by molar-refractivity contribution is 6.33. The number of nitrogens with one attached hydrogen (secondary N) is 3. The number of aromatic amines is 1. The van der Waals surface area contributed by atoms with Crippen LogP contribution < -0.4 is 21.1 Å². The number of ether oxygens (including phenoxy) is 1. The molecule has 0 aliphatic rings. The van der Waals surface area contributed by atoms with Gasteiger partial charge in [0.05, 0.1) is 35.5 Å². The summed E-state index contributed by atoms with van der Waals surface area (Å²) in [6.45, 7) is -1.30. The molecule has 15 heteroatoms. The standard InChI is InChI=1S/C26H20ClF6N5O3/c1-41-21-11-17(6-7-18(21)23(39)35-16-4-2-3-15(10-16)26(31,32)33)38-24(40)36-22(37-38)19-9-14(5-8-20(19)27)12-34-13-25(28,29)30/h2-11,34H,12-13H2,1H3,(H,35,39)(H,36,37,40). The maximum Gasteiger partial charge on any atom is 0.416 e. The van der Waals surface area contributed by atoms with Gasteiger partial charge in [0.15, 0.2) is 5.82 Å². The molecule has 0 fully saturated rings. The number of halogens is 7. The number of anilines is 1. The van der Waals surface area contributed by atoms with E-state index >= 15 is 0 Å². The fourth-order valence-electron chi connectivity index (χ4n) is 3.80. The number of alkyl halides is 6. The molecular weight excluding hydrogens is 580 g/mol. The topological polar surface area (TPSA) is 101 Å². The normalized spacial score (nSPS) is 11.9. The summed E-state index contributed by atoms with van der Waals surface area (Å²) < 4.78 is 82.6. The van der Waals surface area contributed by atoms with E-state index in [-0.39, 0.29) is 45.6 Å². The Morgan fingerprint density at radius 1 is 1.05 bits per heavy atom. The number of aromatic nitrogens is 3. The van der Waals surface area contributed by atoms with Gasteiger partial charge in [-0.05, 0) is 48.0 Å². The maximum absolute atomic E-state index is 13.0. The van der Waals surface area contributed by atoms with Crippen molar-refractivity contribution in [3.05, 3.63) is 92.9 Å². The first-order valence-corrected chi connectivity index (χ1v) is 12.1. The smallest absolute Gasteiger partial charge is 0.416 e. The lowest BCUT2D eigenvalue weighted by Crippen LogP contribution is -2.28. The van der Waals surface area contributed by atoms with Gasteiger partial charge in [-0.3, -0.25) is 9.78 Å². The minimum atomic E-state index is -4.59. The van der Waals surface area contributed by atoms with Crippen LogP contribution >= 0.6 is 11.6 Å². The van der Waals surface area contributed by atoms with Crippen LogP contribution in [0, 0.1) is 0 Å². The second kappa shape index (κ2) is 11.7. The Bertz CT molecular complexity index is 1630. The van der Waals surface area contributed by atoms with Crippen LogP contribution in [-0.2, 0) is 12.7 Å². The predicted octanol–water partition coefficient (Wildman–Crippen LogP) is 5.81. The molecule has 1 aromatic heterocycles. The Morgan fingerprint density at radius 3 is 2.49 bits per heavy atom. The zero-order chi connectivity index (χ0) is 29.9. The van der Waals surface area contributed by atoms with Crippen molar-refractivity contribution in [1.29, 1.82) is 0 Å². The molecule has 4 rings (SSSR count). The molecule has 0 atom stereocenters. The number of methoxy groups -OCH3 is 1. The summed E-state index contributed by atoms with van der Waals surface area (Å²) in [6.07, 6.45) is -8.97. The highest BCUT2D eigenvalue weighted by atomic mass is 35.5. The lowest BCUT2D eigenvalue weighted by Gasteiger charge is -2.12. The molecule has 0 radical (unpaired) electrons. The molecule has 4 aromatic rings. The molecule has 1 heterocycles. The van der Waals surface area contributed by atoms with Crippen molar-refractivity contribution in [3.8, 4) is 22.8 Å². The number of hydrogen-bond donors (Lipinski definition) is 3. The van der Waals surface area contributed by atoms with E-state index in [9.17, 15) is 35.9 Å². The van der Waals surface area contributed by atoms with Crippen LogP contribution in [0.2, 0.25) is 5.02 Å². The molecular formula is C26H20ClF6N5O3. The van der Waals surface area contributed by atoms with E-state index in [0.29, 0.717) is 5.56 Å². The van der Waals surface area contributed by atoms with Crippen LogP contribution in [0.25, 0.3) is 17.1 Å². The third kappa shape index (κ3) is 7.27. The fraction of sp³-hybridized carbons (Fsp3) is 0.192. The second-order valence-electron chi connectivity index (χ2n) is 8.64. The minimum Gasteiger partial charge on any atom is -0.496 e. The SMILES string of the molecule is COc1cc(-n2nc(-c3cc(CNCC(F)(F)F)ccc3Cl)[nH]c2=O)ccc1C(=O)Nc1cccc(C(F)(F)F)c1. The molecule has 0 aliphatic heterocycles. The Labute approximate surface area is 232 Å². The molecule has 3 aromatic carbocycles. The van der Waals surface area contributed by atoms with E-state index in [0.717, 1.165) is 22.9 Å². The van der Waals surface area contributed by atoms with E-state index in [1.165, 1.54) is 49.6 Å². The highest BCUT2D eigenvalue weighted by Crippen LogP contribution is 2.31. The molecule has 3 N–H and O–H groups in total. The van der Waals surface area contributed by atoms with Gasteiger partial charge in [0.25, 0.3) is 5.91 Å². The summed E-state index contributed by atoms with van der Waals surface area (Å²) in [5.74, 6) is -0.729. The van der Waals surface area contributed by atoms with Crippen molar-refractivity contribution in [3.63, 3.8) is 0 Å². The average Bonchev–Trinajstić information content (AvgIpc) is 3.29. The molecule has 0 bridgehead atoms. The van der Waals surface area contributed by atoms with Crippen molar-refractivity contribution in [2.45, 2.75) is 18.9 Å². The first-order valence-electron chi connectivity index (χ1n) is 11.7. The fourth-order valence-corrected chi connectivity index (χ4v) is 4.01. The van der Waals surface area contributed by atoms with Crippen LogP contribution in [0.4, 0.5) is 32.0 Å². The van der Waals surface area contributed by atoms with Gasteiger partial charge in [-0.1, -0.05) is 23.7 Å². The van der Waals surface area contributed by atoms with Crippen molar-refractivity contribution in [2.24, 2.45) is 0 Å². The Kier molecular flexibility index (Phi) is 8.44. The van der Waals surface area contributed by atoms with Crippen LogP contribution in [-0.4, -0.2) is 40.5 Å². The molecule has 0 unspecified atom stereocenters. The van der Waals surface area contributed by atoms with Crippen molar-refractivity contribution in [2.75, 3.05) is 19.0 Å². The number of H-pyrrole nitrogens is 1. The van der Waals surface area contributed by atoms with Gasteiger partial charge in [-0.15, -0.1) is 5.10 Å². The van der Waals surface area contributed by atoms with E-state index in [2.05, 4.69) is 20.7 Å². The van der Waals surface area contributed by atoms with Crippen molar-refractivity contribution < 1.29 is 35.9 Å². The number of hydrogen-bond acceptors (Lipinski definition) is 5. The van der Waals surface area contributed by atoms with Gasteiger partial charge in [-0.2, -0.15) is 31.0 Å². The summed E-state index contributed by atoms with van der Waals surface area (Å²) >= 11 is 6.25. The molecule has 0 aliphatic carbocycles. The second-order valence-corrected chi connectivity index (χ2v) is 9.05. The number of rotatable bonds is 8. The quantitative estimate of drug-likeness (QED) is 0.222. The Balaban J connectivity index is 1.58. The molecule has 0 saturated heterocycles. The first-order chi connectivity index (χ1) is 19.2. The van der Waals surface area contributed by atoms with Crippen molar-refractivity contribution in [1.82, 2.24) is 20.1 Å². The summed E-state index contributed by atoms with van der Waals surface area (Å²) in [7, 11) is 1.26. The number of carbonyl (C=O) groups is 1. The monoisotopic (exact) mass is 599 g/mol. The third-order valence-corrected chi connectivity index (χ3v) is 6.01. The lowest BCUT2D eigenvalue weighted by atomic mass is 10.1. The highest BCUT2D eigenvalue weighted by Gasteiger charge is 2.30. The average molecular weight is 600 g/mol. The van der Waals surface area contributed by atoms with Crippen LogP contribution in [0.3, 0.4) is 0 Å². The largest absolute Gasteiger partial charge is 0.496 e. The van der Waals surface area contributed by atoms with Crippen LogP contribution in [0.15, 0.2) is 65.5 Å². The molecule has 0 saturated carbocycles. The number of nitrogens with zero attached hydrogens (tertiary/aromatic N) is 2. The number of carbonyl (C=O) groups excluding carboxylic acids is 1. The van der Waals surface area contributed by atoms with Gasteiger partial charge in [-0.25, -0.2) is 4.79 Å². The van der Waals surface area contributed by atoms with E-state index < -0.39 is 36.1 Å². The molecule has 216 valence electrons. The lowest BCUT2D eigenvalue weighted by molar-refractivity contribution is -0.137.